The molecular formula is C20H18F3N3O2S. The van der Waals surface area contributed by atoms with E-state index >= 15 is 0 Å². The molecule has 0 radical (unpaired) electrons. The average Bonchev–Trinajstić information content (AvgIpc) is 3.39. The number of nitrogens with one attached hydrogen (secondary N) is 1. The summed E-state index contributed by atoms with van der Waals surface area (Å²) in [7, 11) is 0. The monoisotopic (exact) mass is 421 g/mol. The van der Waals surface area contributed by atoms with E-state index < -0.39 is 23.4 Å². The van der Waals surface area contributed by atoms with Crippen LogP contribution in [-0.4, -0.2) is 21.0 Å². The number of nitrogens with zero attached hydrogens (tertiary/aromatic N) is 2. The van der Waals surface area contributed by atoms with Crippen LogP contribution in [0.3, 0.4) is 0 Å². The van der Waals surface area contributed by atoms with Crippen LogP contribution in [0.2, 0.25) is 0 Å². The Morgan fingerprint density at radius 1 is 1.21 bits per heavy atom. The molecule has 0 spiro atoms. The maximum atomic E-state index is 12.9. The summed E-state index contributed by atoms with van der Waals surface area (Å²) in [5.74, 6) is -0.321. The first-order chi connectivity index (χ1) is 13.5. The van der Waals surface area contributed by atoms with Crippen molar-refractivity contribution in [2.45, 2.75) is 44.4 Å². The number of benzene rings is 1. The zero-order valence-electron chi connectivity index (χ0n) is 15.7. The number of carbonyl (C=O) groups excluding carboxylic acids is 1. The molecule has 0 bridgehead atoms. The van der Waals surface area contributed by atoms with Crippen molar-refractivity contribution in [3.63, 3.8) is 0 Å². The lowest BCUT2D eigenvalue weighted by molar-refractivity contribution is -0.141. The van der Waals surface area contributed by atoms with Gasteiger partial charge in [-0.3, -0.25) is 4.79 Å². The molecule has 5 nitrogen and oxygen atoms in total. The molecule has 2 N–H and O–H groups in total. The number of halogens is 3. The molecule has 152 valence electrons. The molecule has 1 saturated carbocycles. The van der Waals surface area contributed by atoms with E-state index in [2.05, 4.69) is 15.3 Å². The minimum atomic E-state index is -4.64. The first-order valence-corrected chi connectivity index (χ1v) is 9.87. The fourth-order valence-electron chi connectivity index (χ4n) is 3.01. The van der Waals surface area contributed by atoms with Crippen LogP contribution in [0.25, 0.3) is 10.2 Å². The second-order valence-corrected chi connectivity index (χ2v) is 8.67. The van der Waals surface area contributed by atoms with Gasteiger partial charge in [0.1, 0.15) is 11.4 Å². The Morgan fingerprint density at radius 3 is 2.55 bits per heavy atom. The zero-order chi connectivity index (χ0) is 21.0. The zero-order valence-corrected chi connectivity index (χ0v) is 16.5. The topological polar surface area (TPSA) is 75.1 Å². The molecule has 0 unspecified atom stereocenters. The van der Waals surface area contributed by atoms with Gasteiger partial charge in [-0.2, -0.15) is 13.2 Å². The first-order valence-electron chi connectivity index (χ1n) is 9.05. The summed E-state index contributed by atoms with van der Waals surface area (Å²) >= 11 is 1.52. The van der Waals surface area contributed by atoms with Gasteiger partial charge in [-0.1, -0.05) is 6.07 Å². The predicted octanol–water partition coefficient (Wildman–Crippen LogP) is 5.07. The average molecular weight is 421 g/mol. The van der Waals surface area contributed by atoms with Gasteiger partial charge < -0.3 is 10.4 Å². The van der Waals surface area contributed by atoms with Crippen molar-refractivity contribution in [1.29, 1.82) is 0 Å². The van der Waals surface area contributed by atoms with Gasteiger partial charge in [0.2, 0.25) is 0 Å². The van der Waals surface area contributed by atoms with Crippen LogP contribution in [0, 0.1) is 0 Å². The van der Waals surface area contributed by atoms with Gasteiger partial charge in [-0.25, -0.2) is 9.97 Å². The van der Waals surface area contributed by atoms with Gasteiger partial charge in [-0.15, -0.1) is 11.3 Å². The standard InChI is InChI=1S/C20H18F3N3O2S/c1-19(2,28)11-8-14-15(29-18(26-14)10-6-7-10)9-13(11)25-17(27)12-4-3-5-16(24-12)20(21,22)23/h3-5,8-10,28H,6-7H2,1-2H3,(H,25,27). The maximum absolute atomic E-state index is 12.9. The Labute approximate surface area is 168 Å². The second kappa shape index (κ2) is 6.77. The Kier molecular flexibility index (Phi) is 4.62. The largest absolute Gasteiger partial charge is 0.433 e. The quantitative estimate of drug-likeness (QED) is 0.617. The molecule has 4 rings (SSSR count). The highest BCUT2D eigenvalue weighted by Crippen LogP contribution is 2.44. The highest BCUT2D eigenvalue weighted by atomic mass is 32.1. The Balaban J connectivity index is 1.71. The lowest BCUT2D eigenvalue weighted by Crippen LogP contribution is -2.22. The number of rotatable bonds is 4. The normalized spacial score (nSPS) is 15.0. The van der Waals surface area contributed by atoms with Crippen molar-refractivity contribution in [1.82, 2.24) is 9.97 Å². The summed E-state index contributed by atoms with van der Waals surface area (Å²) in [4.78, 5) is 20.6. The van der Waals surface area contributed by atoms with Crippen molar-refractivity contribution >= 4 is 33.1 Å². The number of pyridine rings is 1. The SMILES string of the molecule is CC(C)(O)c1cc2nc(C3CC3)sc2cc1NC(=O)c1cccc(C(F)(F)F)n1. The van der Waals surface area contributed by atoms with Gasteiger partial charge in [-0.05, 0) is 51.0 Å². The van der Waals surface area contributed by atoms with Gasteiger partial charge in [0.15, 0.2) is 0 Å². The molecule has 1 aliphatic rings. The van der Waals surface area contributed by atoms with Crippen molar-refractivity contribution < 1.29 is 23.1 Å². The first kappa shape index (κ1) is 19.8. The summed E-state index contributed by atoms with van der Waals surface area (Å²) in [6.45, 7) is 3.14. The smallest absolute Gasteiger partial charge is 0.386 e. The van der Waals surface area contributed by atoms with Gasteiger partial charge >= 0.3 is 6.18 Å². The van der Waals surface area contributed by atoms with Gasteiger partial charge in [0.05, 0.1) is 20.8 Å². The van der Waals surface area contributed by atoms with Crippen LogP contribution in [0.5, 0.6) is 0 Å². The molecule has 2 heterocycles. The number of amides is 1. The van der Waals surface area contributed by atoms with Crippen molar-refractivity contribution in [3.8, 4) is 0 Å². The van der Waals surface area contributed by atoms with Crippen LogP contribution >= 0.6 is 11.3 Å². The number of carbonyl (C=O) groups is 1. The molecule has 0 atom stereocenters. The Hall–Kier alpha value is -2.52. The van der Waals surface area contributed by atoms with E-state index in [9.17, 15) is 23.1 Å². The van der Waals surface area contributed by atoms with Gasteiger partial charge in [0, 0.05) is 17.2 Å². The molecule has 0 saturated heterocycles. The van der Waals surface area contributed by atoms with Crippen LogP contribution in [0.15, 0.2) is 30.3 Å². The molecule has 29 heavy (non-hydrogen) atoms. The van der Waals surface area contributed by atoms with E-state index in [1.165, 1.54) is 17.4 Å². The van der Waals surface area contributed by atoms with E-state index in [0.29, 0.717) is 17.2 Å². The second-order valence-electron chi connectivity index (χ2n) is 7.61. The molecule has 1 aliphatic carbocycles. The minimum absolute atomic E-state index is 0.320. The highest BCUT2D eigenvalue weighted by Gasteiger charge is 2.33. The molecule has 1 fully saturated rings. The van der Waals surface area contributed by atoms with E-state index in [1.807, 2.05) is 0 Å². The highest BCUT2D eigenvalue weighted by molar-refractivity contribution is 7.18. The molecule has 0 aliphatic heterocycles. The van der Waals surface area contributed by atoms with E-state index in [-0.39, 0.29) is 5.69 Å². The summed E-state index contributed by atoms with van der Waals surface area (Å²) < 4.78 is 39.5. The van der Waals surface area contributed by atoms with E-state index in [0.717, 1.165) is 40.2 Å². The number of anilines is 1. The fourth-order valence-corrected chi connectivity index (χ4v) is 4.17. The number of alkyl halides is 3. The number of aromatic nitrogens is 2. The summed E-state index contributed by atoms with van der Waals surface area (Å²) in [5, 5.41) is 14.2. The third-order valence-corrected chi connectivity index (χ3v) is 5.83. The molecular weight excluding hydrogens is 403 g/mol. The van der Waals surface area contributed by atoms with Crippen molar-refractivity contribution in [2.24, 2.45) is 0 Å². The number of fused-ring (bicyclic) bond motifs is 1. The molecule has 1 aromatic carbocycles. The van der Waals surface area contributed by atoms with Crippen LogP contribution < -0.4 is 5.32 Å². The number of hydrogen-bond donors (Lipinski definition) is 2. The van der Waals surface area contributed by atoms with E-state index in [1.54, 1.807) is 26.0 Å². The summed E-state index contributed by atoms with van der Waals surface area (Å²) in [6, 6.07) is 6.58. The number of hydrogen-bond acceptors (Lipinski definition) is 5. The van der Waals surface area contributed by atoms with Crippen molar-refractivity contribution in [2.75, 3.05) is 5.32 Å². The van der Waals surface area contributed by atoms with Crippen LogP contribution in [0.1, 0.15) is 59.4 Å². The van der Waals surface area contributed by atoms with Crippen LogP contribution in [-0.2, 0) is 11.8 Å². The number of thiazole rings is 1. The lowest BCUT2D eigenvalue weighted by Gasteiger charge is -2.22. The summed E-state index contributed by atoms with van der Waals surface area (Å²) in [5.41, 5.74) is -1.31. The van der Waals surface area contributed by atoms with Crippen molar-refractivity contribution in [3.05, 3.63) is 52.3 Å². The Bertz CT molecular complexity index is 1100. The Morgan fingerprint density at radius 2 is 1.93 bits per heavy atom. The molecule has 3 aromatic rings. The van der Waals surface area contributed by atoms with Crippen LogP contribution in [0.4, 0.5) is 18.9 Å². The molecule has 2 aromatic heterocycles. The summed E-state index contributed by atoms with van der Waals surface area (Å²) in [6.07, 6.45) is -2.44. The predicted molar refractivity (Wildman–Crippen MR) is 104 cm³/mol. The van der Waals surface area contributed by atoms with Gasteiger partial charge in [0.25, 0.3) is 5.91 Å². The fraction of sp³-hybridized carbons (Fsp3) is 0.350. The molecule has 9 heteroatoms. The number of aliphatic hydroxyl groups is 1. The lowest BCUT2D eigenvalue weighted by atomic mass is 9.96. The van der Waals surface area contributed by atoms with E-state index in [4.69, 9.17) is 0 Å². The maximum Gasteiger partial charge on any atom is 0.433 e. The molecule has 1 amide bonds. The third-order valence-electron chi connectivity index (χ3n) is 4.65. The third kappa shape index (κ3) is 4.11. The minimum Gasteiger partial charge on any atom is -0.386 e.